The van der Waals surface area contributed by atoms with Crippen molar-refractivity contribution < 1.29 is 0 Å². The Balaban J connectivity index is 2.08. The lowest BCUT2D eigenvalue weighted by Crippen LogP contribution is -2.34. The van der Waals surface area contributed by atoms with Gasteiger partial charge in [0.2, 0.25) is 0 Å². The lowest BCUT2D eigenvalue weighted by atomic mass is 9.99. The van der Waals surface area contributed by atoms with Crippen molar-refractivity contribution >= 4 is 0 Å². The lowest BCUT2D eigenvalue weighted by Gasteiger charge is -2.19. The molecular weight excluding hydrogens is 258 g/mol. The van der Waals surface area contributed by atoms with Crippen LogP contribution in [0.5, 0.6) is 0 Å². The first-order valence-corrected chi connectivity index (χ1v) is 7.86. The topological polar surface area (TPSA) is 29.9 Å². The second-order valence-electron chi connectivity index (χ2n) is 5.93. The van der Waals surface area contributed by atoms with Crippen LogP contribution in [0.2, 0.25) is 0 Å². The first-order valence-electron chi connectivity index (χ1n) is 7.86. The van der Waals surface area contributed by atoms with Crippen LogP contribution in [0, 0.1) is 13.8 Å². The van der Waals surface area contributed by atoms with E-state index in [0.717, 1.165) is 31.6 Å². The minimum atomic E-state index is 0.438. The highest BCUT2D eigenvalue weighted by molar-refractivity contribution is 5.30. The molecule has 0 radical (unpaired) electrons. The van der Waals surface area contributed by atoms with Gasteiger partial charge in [0.25, 0.3) is 0 Å². The maximum atomic E-state index is 4.46. The Morgan fingerprint density at radius 1 is 1.19 bits per heavy atom. The number of imidazole rings is 1. The van der Waals surface area contributed by atoms with Crippen LogP contribution >= 0.6 is 0 Å². The van der Waals surface area contributed by atoms with Crippen molar-refractivity contribution in [2.24, 2.45) is 7.05 Å². The molecule has 1 aromatic heterocycles. The van der Waals surface area contributed by atoms with E-state index < -0.39 is 0 Å². The predicted octanol–water partition coefficient (Wildman–Crippen LogP) is 3.19. The molecule has 21 heavy (non-hydrogen) atoms. The van der Waals surface area contributed by atoms with Crippen molar-refractivity contribution in [3.05, 3.63) is 53.1 Å². The molecule has 0 amide bonds. The molecule has 1 unspecified atom stereocenters. The van der Waals surface area contributed by atoms with Gasteiger partial charge in [0.05, 0.1) is 0 Å². The van der Waals surface area contributed by atoms with Crippen molar-refractivity contribution in [2.45, 2.75) is 46.1 Å². The zero-order valence-corrected chi connectivity index (χ0v) is 13.7. The SMILES string of the molecule is CCCNC(Cc1ccc(C)c(C)c1)Cc1nccn1C. The molecule has 0 saturated carbocycles. The van der Waals surface area contributed by atoms with Crippen LogP contribution in [0.1, 0.15) is 35.9 Å². The molecule has 2 rings (SSSR count). The highest BCUT2D eigenvalue weighted by atomic mass is 15.0. The van der Waals surface area contributed by atoms with Gasteiger partial charge < -0.3 is 9.88 Å². The maximum absolute atomic E-state index is 4.46. The van der Waals surface area contributed by atoms with Crippen LogP contribution in [-0.4, -0.2) is 22.1 Å². The number of hydrogen-bond donors (Lipinski definition) is 1. The summed E-state index contributed by atoms with van der Waals surface area (Å²) in [6.45, 7) is 7.62. The number of benzene rings is 1. The second-order valence-corrected chi connectivity index (χ2v) is 5.93. The molecular formula is C18H27N3. The summed E-state index contributed by atoms with van der Waals surface area (Å²) >= 11 is 0. The van der Waals surface area contributed by atoms with Gasteiger partial charge in [-0.3, -0.25) is 0 Å². The van der Waals surface area contributed by atoms with Crippen LogP contribution in [0.25, 0.3) is 0 Å². The summed E-state index contributed by atoms with van der Waals surface area (Å²) in [4.78, 5) is 4.46. The molecule has 0 bridgehead atoms. The Morgan fingerprint density at radius 3 is 2.62 bits per heavy atom. The predicted molar refractivity (Wildman–Crippen MR) is 88.6 cm³/mol. The van der Waals surface area contributed by atoms with Gasteiger partial charge in [-0.05, 0) is 49.9 Å². The van der Waals surface area contributed by atoms with E-state index in [1.54, 1.807) is 0 Å². The van der Waals surface area contributed by atoms with Crippen molar-refractivity contribution in [3.63, 3.8) is 0 Å². The average Bonchev–Trinajstić information content (AvgIpc) is 2.85. The number of nitrogens with one attached hydrogen (secondary N) is 1. The molecule has 3 heteroatoms. The molecule has 1 heterocycles. The van der Waals surface area contributed by atoms with E-state index >= 15 is 0 Å². The lowest BCUT2D eigenvalue weighted by molar-refractivity contribution is 0.489. The summed E-state index contributed by atoms with van der Waals surface area (Å²) in [5.41, 5.74) is 4.14. The van der Waals surface area contributed by atoms with Gasteiger partial charge in [0.15, 0.2) is 0 Å². The van der Waals surface area contributed by atoms with Gasteiger partial charge in [-0.15, -0.1) is 0 Å². The zero-order chi connectivity index (χ0) is 15.2. The first kappa shape index (κ1) is 15.8. The first-order chi connectivity index (χ1) is 10.1. The molecule has 0 spiro atoms. The number of aryl methyl sites for hydroxylation is 3. The zero-order valence-electron chi connectivity index (χ0n) is 13.7. The van der Waals surface area contributed by atoms with Crippen molar-refractivity contribution in [1.29, 1.82) is 0 Å². The molecule has 1 aromatic carbocycles. The summed E-state index contributed by atoms with van der Waals surface area (Å²) in [7, 11) is 2.06. The van der Waals surface area contributed by atoms with E-state index in [9.17, 15) is 0 Å². The largest absolute Gasteiger partial charge is 0.338 e. The Kier molecular flexibility index (Phi) is 5.57. The van der Waals surface area contributed by atoms with Gasteiger partial charge in [-0.2, -0.15) is 0 Å². The molecule has 114 valence electrons. The third kappa shape index (κ3) is 4.43. The van der Waals surface area contributed by atoms with Crippen molar-refractivity contribution in [3.8, 4) is 0 Å². The average molecular weight is 285 g/mol. The third-order valence-electron chi connectivity index (χ3n) is 4.09. The minimum Gasteiger partial charge on any atom is -0.338 e. The Hall–Kier alpha value is -1.61. The summed E-state index contributed by atoms with van der Waals surface area (Å²) in [6, 6.07) is 7.23. The number of hydrogen-bond acceptors (Lipinski definition) is 2. The summed E-state index contributed by atoms with van der Waals surface area (Å²) < 4.78 is 2.11. The summed E-state index contributed by atoms with van der Waals surface area (Å²) in [5, 5.41) is 3.66. The molecule has 2 aromatic rings. The Labute approximate surface area is 128 Å². The van der Waals surface area contributed by atoms with E-state index in [1.165, 1.54) is 16.7 Å². The molecule has 3 nitrogen and oxygen atoms in total. The van der Waals surface area contributed by atoms with E-state index in [2.05, 4.69) is 60.9 Å². The van der Waals surface area contributed by atoms with Crippen LogP contribution in [-0.2, 0) is 19.9 Å². The van der Waals surface area contributed by atoms with Gasteiger partial charge in [0, 0.05) is 31.9 Å². The molecule has 0 aliphatic rings. The fourth-order valence-electron chi connectivity index (χ4n) is 2.59. The normalized spacial score (nSPS) is 12.6. The quantitative estimate of drug-likeness (QED) is 0.846. The summed E-state index contributed by atoms with van der Waals surface area (Å²) in [6.07, 6.45) is 7.07. The molecule has 0 saturated heterocycles. The van der Waals surface area contributed by atoms with Crippen molar-refractivity contribution in [2.75, 3.05) is 6.54 Å². The molecule has 1 N–H and O–H groups in total. The van der Waals surface area contributed by atoms with E-state index in [0.29, 0.717) is 6.04 Å². The van der Waals surface area contributed by atoms with Gasteiger partial charge in [0.1, 0.15) is 5.82 Å². The van der Waals surface area contributed by atoms with Gasteiger partial charge >= 0.3 is 0 Å². The minimum absolute atomic E-state index is 0.438. The standard InChI is InChI=1S/C18H27N3/c1-5-8-19-17(13-18-20-9-10-21(18)4)12-16-7-6-14(2)15(3)11-16/h6-7,9-11,17,19H,5,8,12-13H2,1-4H3. The van der Waals surface area contributed by atoms with E-state index in [-0.39, 0.29) is 0 Å². The monoisotopic (exact) mass is 285 g/mol. The fraction of sp³-hybridized carbons (Fsp3) is 0.500. The van der Waals surface area contributed by atoms with E-state index in [1.807, 2.05) is 12.4 Å². The Bertz CT molecular complexity index is 572. The van der Waals surface area contributed by atoms with Crippen LogP contribution in [0.15, 0.2) is 30.6 Å². The van der Waals surface area contributed by atoms with Crippen molar-refractivity contribution in [1.82, 2.24) is 14.9 Å². The number of aromatic nitrogens is 2. The van der Waals surface area contributed by atoms with Gasteiger partial charge in [-0.25, -0.2) is 4.98 Å². The highest BCUT2D eigenvalue weighted by Crippen LogP contribution is 2.13. The fourth-order valence-corrected chi connectivity index (χ4v) is 2.59. The number of rotatable bonds is 7. The maximum Gasteiger partial charge on any atom is 0.109 e. The molecule has 0 aliphatic heterocycles. The molecule has 0 fully saturated rings. The van der Waals surface area contributed by atoms with E-state index in [4.69, 9.17) is 0 Å². The molecule has 1 atom stereocenters. The Morgan fingerprint density at radius 2 is 2.00 bits per heavy atom. The van der Waals surface area contributed by atoms with Crippen LogP contribution in [0.4, 0.5) is 0 Å². The van der Waals surface area contributed by atoms with Gasteiger partial charge in [-0.1, -0.05) is 25.1 Å². The highest BCUT2D eigenvalue weighted by Gasteiger charge is 2.13. The number of nitrogens with zero attached hydrogens (tertiary/aromatic N) is 2. The van der Waals surface area contributed by atoms with Crippen LogP contribution in [0.3, 0.4) is 0 Å². The third-order valence-corrected chi connectivity index (χ3v) is 4.09. The smallest absolute Gasteiger partial charge is 0.109 e. The van der Waals surface area contributed by atoms with Crippen LogP contribution < -0.4 is 5.32 Å². The molecule has 0 aliphatic carbocycles. The summed E-state index contributed by atoms with van der Waals surface area (Å²) in [5.74, 6) is 1.15. The second kappa shape index (κ2) is 7.41.